The number of hydrogen-bond acceptors (Lipinski definition) is 6. The molecule has 1 aromatic heterocycles. The summed E-state index contributed by atoms with van der Waals surface area (Å²) in [6.07, 6.45) is 0. The molecule has 0 saturated carbocycles. The zero-order valence-electron chi connectivity index (χ0n) is 14.4. The zero-order valence-corrected chi connectivity index (χ0v) is 15.2. The second-order valence-corrected chi connectivity index (χ2v) is 7.86. The van der Waals surface area contributed by atoms with Crippen molar-refractivity contribution in [2.45, 2.75) is 11.8 Å². The Morgan fingerprint density at radius 2 is 2.00 bits per heavy atom. The van der Waals surface area contributed by atoms with Gasteiger partial charge in [-0.2, -0.15) is 0 Å². The van der Waals surface area contributed by atoms with Crippen LogP contribution in [0.3, 0.4) is 0 Å². The molecule has 0 aliphatic rings. The number of hydrogen-bond donors (Lipinski definition) is 1. The molecule has 0 bridgehead atoms. The minimum atomic E-state index is -3.33. The lowest BCUT2D eigenvalue weighted by atomic mass is 10.1. The lowest BCUT2D eigenvalue weighted by molar-refractivity contribution is -0.119. The van der Waals surface area contributed by atoms with Crippen LogP contribution in [0.4, 0.5) is 5.69 Å². The number of carbonyl (C=O) groups excluding carboxylic acids is 1. The van der Waals surface area contributed by atoms with Crippen molar-refractivity contribution in [1.29, 1.82) is 0 Å². The van der Waals surface area contributed by atoms with Crippen molar-refractivity contribution in [2.24, 2.45) is 0 Å². The fourth-order valence-corrected chi connectivity index (χ4v) is 3.38. The Balaban J connectivity index is 2.03. The van der Waals surface area contributed by atoms with Crippen LogP contribution in [-0.2, 0) is 19.4 Å². The molecule has 26 heavy (non-hydrogen) atoms. The number of nitrogens with zero attached hydrogens (tertiary/aromatic N) is 1. The van der Waals surface area contributed by atoms with E-state index in [1.54, 1.807) is 37.3 Å². The summed E-state index contributed by atoms with van der Waals surface area (Å²) in [5.41, 5.74) is 2.02. The minimum absolute atomic E-state index is 0.0115. The number of ether oxygens (including phenoxy) is 1. The number of rotatable bonds is 6. The molecule has 0 aliphatic heterocycles. The van der Waals surface area contributed by atoms with E-state index in [1.807, 2.05) is 0 Å². The monoisotopic (exact) mass is 374 g/mol. The largest absolute Gasteiger partial charge is 0.436 e. The lowest BCUT2D eigenvalue weighted by Gasteiger charge is -2.08. The minimum Gasteiger partial charge on any atom is -0.436 e. The molecule has 0 aliphatic carbocycles. The molecule has 0 spiro atoms. The van der Waals surface area contributed by atoms with Crippen LogP contribution in [0.1, 0.15) is 6.92 Å². The van der Waals surface area contributed by atoms with Crippen LogP contribution < -0.4 is 5.32 Å². The predicted molar refractivity (Wildman–Crippen MR) is 97.7 cm³/mol. The number of nitrogens with one attached hydrogen (secondary N) is 1. The molecule has 0 radical (unpaired) electrons. The molecule has 7 nitrogen and oxygen atoms in total. The third-order valence-corrected chi connectivity index (χ3v) is 5.54. The van der Waals surface area contributed by atoms with Gasteiger partial charge in [-0.1, -0.05) is 19.1 Å². The van der Waals surface area contributed by atoms with Crippen LogP contribution in [0.15, 0.2) is 51.8 Å². The van der Waals surface area contributed by atoms with Gasteiger partial charge in [-0.3, -0.25) is 4.79 Å². The maximum atomic E-state index is 12.0. The van der Waals surface area contributed by atoms with Gasteiger partial charge in [0.15, 0.2) is 15.4 Å². The first-order chi connectivity index (χ1) is 12.4. The third kappa shape index (κ3) is 3.61. The van der Waals surface area contributed by atoms with Crippen molar-refractivity contribution in [3.8, 4) is 11.5 Å². The lowest BCUT2D eigenvalue weighted by Crippen LogP contribution is -2.17. The van der Waals surface area contributed by atoms with E-state index in [4.69, 9.17) is 9.15 Å². The van der Waals surface area contributed by atoms with Gasteiger partial charge in [0.25, 0.3) is 0 Å². The van der Waals surface area contributed by atoms with Gasteiger partial charge in [0.05, 0.1) is 21.9 Å². The molecule has 0 unspecified atom stereocenters. The summed E-state index contributed by atoms with van der Waals surface area (Å²) in [6, 6.07) is 11.6. The number of oxazole rings is 1. The molecule has 136 valence electrons. The highest BCUT2D eigenvalue weighted by molar-refractivity contribution is 7.91. The molecule has 2 aromatic carbocycles. The number of amides is 1. The highest BCUT2D eigenvalue weighted by Crippen LogP contribution is 2.31. The summed E-state index contributed by atoms with van der Waals surface area (Å²) in [5, 5.41) is 2.74. The summed E-state index contributed by atoms with van der Waals surface area (Å²) >= 11 is 0. The number of methoxy groups -OCH3 is 1. The summed E-state index contributed by atoms with van der Waals surface area (Å²) in [5.74, 6) is 0.00385. The van der Waals surface area contributed by atoms with Gasteiger partial charge in [-0.25, -0.2) is 13.4 Å². The van der Waals surface area contributed by atoms with Gasteiger partial charge >= 0.3 is 0 Å². The van der Waals surface area contributed by atoms with Crippen molar-refractivity contribution in [3.63, 3.8) is 0 Å². The quantitative estimate of drug-likeness (QED) is 0.712. The Morgan fingerprint density at radius 3 is 2.73 bits per heavy atom. The molecule has 1 N–H and O–H groups in total. The number of para-hydroxylation sites is 1. The Hall–Kier alpha value is -2.71. The molecular weight excluding hydrogens is 356 g/mol. The SMILES string of the molecule is CCS(=O)(=O)c1ccc2oc(-c3ccccc3NC(=O)COC)nc2c1. The number of anilines is 1. The van der Waals surface area contributed by atoms with Crippen LogP contribution in [0.5, 0.6) is 0 Å². The molecule has 1 amide bonds. The van der Waals surface area contributed by atoms with E-state index in [0.29, 0.717) is 28.2 Å². The predicted octanol–water partition coefficient (Wildman–Crippen LogP) is 2.87. The Kier molecular flexibility index (Phi) is 5.06. The fraction of sp³-hybridized carbons (Fsp3) is 0.222. The summed E-state index contributed by atoms with van der Waals surface area (Å²) in [7, 11) is -1.89. The van der Waals surface area contributed by atoms with Crippen LogP contribution in [0.25, 0.3) is 22.6 Å². The van der Waals surface area contributed by atoms with E-state index in [0.717, 1.165) is 0 Å². The van der Waals surface area contributed by atoms with Crippen LogP contribution in [-0.4, -0.2) is 38.8 Å². The van der Waals surface area contributed by atoms with Gasteiger partial charge in [-0.15, -0.1) is 0 Å². The number of aromatic nitrogens is 1. The highest BCUT2D eigenvalue weighted by atomic mass is 32.2. The summed E-state index contributed by atoms with van der Waals surface area (Å²) < 4.78 is 34.6. The topological polar surface area (TPSA) is 98.5 Å². The van der Waals surface area contributed by atoms with Crippen LogP contribution in [0.2, 0.25) is 0 Å². The van der Waals surface area contributed by atoms with E-state index in [2.05, 4.69) is 10.3 Å². The fourth-order valence-electron chi connectivity index (χ4n) is 2.48. The molecular formula is C18H18N2O5S. The first-order valence-electron chi connectivity index (χ1n) is 7.96. The first-order valence-corrected chi connectivity index (χ1v) is 9.61. The van der Waals surface area contributed by atoms with E-state index in [9.17, 15) is 13.2 Å². The van der Waals surface area contributed by atoms with Crippen molar-refractivity contribution < 1.29 is 22.4 Å². The second-order valence-electron chi connectivity index (χ2n) is 5.58. The Morgan fingerprint density at radius 1 is 1.23 bits per heavy atom. The summed E-state index contributed by atoms with van der Waals surface area (Å²) in [6.45, 7) is 1.52. The van der Waals surface area contributed by atoms with Gasteiger partial charge in [0.1, 0.15) is 12.1 Å². The maximum absolute atomic E-state index is 12.0. The third-order valence-electron chi connectivity index (χ3n) is 3.81. The first kappa shape index (κ1) is 18.1. The maximum Gasteiger partial charge on any atom is 0.250 e. The smallest absolute Gasteiger partial charge is 0.250 e. The zero-order chi connectivity index (χ0) is 18.7. The van der Waals surface area contributed by atoms with Crippen molar-refractivity contribution in [1.82, 2.24) is 4.98 Å². The van der Waals surface area contributed by atoms with Crippen molar-refractivity contribution >= 4 is 32.5 Å². The van der Waals surface area contributed by atoms with E-state index >= 15 is 0 Å². The van der Waals surface area contributed by atoms with Gasteiger partial charge in [-0.05, 0) is 30.3 Å². The van der Waals surface area contributed by atoms with Crippen molar-refractivity contribution in [2.75, 3.05) is 24.8 Å². The molecule has 3 rings (SSSR count). The molecule has 8 heteroatoms. The number of fused-ring (bicyclic) bond motifs is 1. The Labute approximate surface area is 150 Å². The second kappa shape index (κ2) is 7.27. The number of sulfone groups is 1. The molecule has 1 heterocycles. The average molecular weight is 374 g/mol. The molecule has 0 atom stereocenters. The Bertz CT molecular complexity index is 1060. The van der Waals surface area contributed by atoms with Crippen LogP contribution >= 0.6 is 0 Å². The highest BCUT2D eigenvalue weighted by Gasteiger charge is 2.17. The van der Waals surface area contributed by atoms with Crippen molar-refractivity contribution in [3.05, 3.63) is 42.5 Å². The molecule has 3 aromatic rings. The molecule has 0 saturated heterocycles. The van der Waals surface area contributed by atoms with E-state index in [-0.39, 0.29) is 23.2 Å². The summed E-state index contributed by atoms with van der Waals surface area (Å²) in [4.78, 5) is 16.4. The molecule has 0 fully saturated rings. The van der Waals surface area contributed by atoms with E-state index < -0.39 is 9.84 Å². The average Bonchev–Trinajstić information content (AvgIpc) is 3.05. The van der Waals surface area contributed by atoms with Gasteiger partial charge in [0.2, 0.25) is 11.8 Å². The number of benzene rings is 2. The van der Waals surface area contributed by atoms with Gasteiger partial charge in [0, 0.05) is 7.11 Å². The van der Waals surface area contributed by atoms with Crippen LogP contribution in [0, 0.1) is 0 Å². The normalized spacial score (nSPS) is 11.6. The number of carbonyl (C=O) groups is 1. The van der Waals surface area contributed by atoms with E-state index in [1.165, 1.54) is 19.2 Å². The van der Waals surface area contributed by atoms with Gasteiger partial charge < -0.3 is 14.5 Å². The standard InChI is InChI=1S/C18H18N2O5S/c1-3-26(22,23)12-8-9-16-15(10-12)20-18(25-16)13-6-4-5-7-14(13)19-17(21)11-24-2/h4-10H,3,11H2,1-2H3,(H,19,21).